The van der Waals surface area contributed by atoms with Crippen LogP contribution in [0.25, 0.3) is 11.4 Å². The van der Waals surface area contributed by atoms with Crippen molar-refractivity contribution in [1.82, 2.24) is 9.55 Å². The van der Waals surface area contributed by atoms with Crippen molar-refractivity contribution in [3.8, 4) is 17.5 Å². The molecule has 0 N–H and O–H groups in total. The lowest BCUT2D eigenvalue weighted by Crippen LogP contribution is -2.05. The first kappa shape index (κ1) is 15.5. The maximum Gasteiger partial charge on any atom is 0.434 e. The van der Waals surface area contributed by atoms with E-state index in [1.165, 1.54) is 10.6 Å². The van der Waals surface area contributed by atoms with Crippen LogP contribution in [0.5, 0.6) is 0 Å². The van der Waals surface area contributed by atoms with Gasteiger partial charge in [-0.3, -0.25) is 10.1 Å². The third-order valence-electron chi connectivity index (χ3n) is 2.98. The molecule has 1 aromatic heterocycles. The minimum absolute atomic E-state index is 0.0544. The van der Waals surface area contributed by atoms with Gasteiger partial charge in [-0.25, -0.2) is 4.98 Å². The van der Waals surface area contributed by atoms with Gasteiger partial charge in [0, 0.05) is 30.4 Å². The van der Waals surface area contributed by atoms with Gasteiger partial charge in [0.25, 0.3) is 5.69 Å². The molecule has 6 nitrogen and oxygen atoms in total. The van der Waals surface area contributed by atoms with Crippen LogP contribution in [-0.4, -0.2) is 14.5 Å². The molecule has 0 bridgehead atoms. The van der Waals surface area contributed by atoms with Crippen molar-refractivity contribution >= 4 is 5.69 Å². The SMILES string of the molecule is CCn1cc(C(F)(F)F)nc1-c1ccc([N+](=O)[O-])cc1C#N. The van der Waals surface area contributed by atoms with Crippen molar-refractivity contribution in [2.45, 2.75) is 19.6 Å². The zero-order valence-corrected chi connectivity index (χ0v) is 11.3. The number of nitro benzene ring substituents is 1. The molecule has 0 aliphatic rings. The summed E-state index contributed by atoms with van der Waals surface area (Å²) in [5.41, 5.74) is -1.38. The van der Waals surface area contributed by atoms with Crippen LogP contribution in [0.4, 0.5) is 18.9 Å². The number of hydrogen-bond donors (Lipinski definition) is 0. The average Bonchev–Trinajstić information content (AvgIpc) is 2.90. The standard InChI is InChI=1S/C13H9F3N4O2/c1-2-19-7-11(13(14,15)16)18-12(19)10-4-3-9(20(21)22)5-8(10)6-17/h3-5,7H,2H2,1H3. The molecule has 1 aromatic carbocycles. The van der Waals surface area contributed by atoms with Gasteiger partial charge in [-0.15, -0.1) is 0 Å². The molecule has 0 aliphatic heterocycles. The second-order valence-corrected chi connectivity index (χ2v) is 4.33. The number of nitrogens with zero attached hydrogens (tertiary/aromatic N) is 4. The van der Waals surface area contributed by atoms with Crippen LogP contribution in [-0.2, 0) is 12.7 Å². The second-order valence-electron chi connectivity index (χ2n) is 4.33. The Morgan fingerprint density at radius 1 is 1.45 bits per heavy atom. The molecule has 0 radical (unpaired) electrons. The number of benzene rings is 1. The van der Waals surface area contributed by atoms with E-state index in [0.29, 0.717) is 0 Å². The van der Waals surface area contributed by atoms with Crippen molar-refractivity contribution in [3.63, 3.8) is 0 Å². The maximum atomic E-state index is 12.8. The molecule has 1 heterocycles. The molecule has 2 rings (SSSR count). The zero-order chi connectivity index (χ0) is 16.5. The van der Waals surface area contributed by atoms with Gasteiger partial charge in [-0.2, -0.15) is 18.4 Å². The Balaban J connectivity index is 2.64. The van der Waals surface area contributed by atoms with Crippen molar-refractivity contribution in [2.24, 2.45) is 0 Å². The van der Waals surface area contributed by atoms with Crippen LogP contribution in [0.15, 0.2) is 24.4 Å². The smallest absolute Gasteiger partial charge is 0.331 e. The second kappa shape index (κ2) is 5.48. The zero-order valence-electron chi connectivity index (χ0n) is 11.3. The predicted octanol–water partition coefficient (Wildman–Crippen LogP) is 3.37. The summed E-state index contributed by atoms with van der Waals surface area (Å²) in [6.07, 6.45) is -3.76. The number of halogens is 3. The fourth-order valence-corrected chi connectivity index (χ4v) is 1.94. The lowest BCUT2D eigenvalue weighted by molar-refractivity contribution is -0.384. The Bertz CT molecular complexity index is 775. The topological polar surface area (TPSA) is 84.8 Å². The Morgan fingerprint density at radius 3 is 2.64 bits per heavy atom. The van der Waals surface area contributed by atoms with E-state index in [9.17, 15) is 23.3 Å². The van der Waals surface area contributed by atoms with E-state index in [2.05, 4.69) is 4.98 Å². The predicted molar refractivity (Wildman–Crippen MR) is 69.7 cm³/mol. The van der Waals surface area contributed by atoms with Gasteiger partial charge < -0.3 is 4.57 Å². The summed E-state index contributed by atoms with van der Waals surface area (Å²) in [4.78, 5) is 13.5. The molecule has 9 heteroatoms. The highest BCUT2D eigenvalue weighted by Crippen LogP contribution is 2.32. The number of imidazole rings is 1. The van der Waals surface area contributed by atoms with Crippen LogP contribution in [0, 0.1) is 21.4 Å². The molecule has 0 unspecified atom stereocenters. The molecule has 0 spiro atoms. The molecular weight excluding hydrogens is 301 g/mol. The lowest BCUT2D eigenvalue weighted by Gasteiger charge is -2.06. The molecule has 0 amide bonds. The lowest BCUT2D eigenvalue weighted by atomic mass is 10.1. The number of alkyl halides is 3. The first-order valence-corrected chi connectivity index (χ1v) is 6.11. The average molecular weight is 310 g/mol. The molecule has 0 aliphatic carbocycles. The monoisotopic (exact) mass is 310 g/mol. The summed E-state index contributed by atoms with van der Waals surface area (Å²) in [5, 5.41) is 19.8. The first-order valence-electron chi connectivity index (χ1n) is 6.11. The summed E-state index contributed by atoms with van der Waals surface area (Å²) in [6, 6.07) is 5.11. The summed E-state index contributed by atoms with van der Waals surface area (Å²) >= 11 is 0. The van der Waals surface area contributed by atoms with Crippen LogP contribution in [0.1, 0.15) is 18.2 Å². The molecule has 0 atom stereocenters. The molecule has 2 aromatic rings. The Morgan fingerprint density at radius 2 is 2.14 bits per heavy atom. The molecule has 114 valence electrons. The van der Waals surface area contributed by atoms with Gasteiger partial charge in [0.05, 0.1) is 10.5 Å². The highest BCUT2D eigenvalue weighted by molar-refractivity contribution is 5.67. The van der Waals surface area contributed by atoms with E-state index in [1.807, 2.05) is 0 Å². The van der Waals surface area contributed by atoms with E-state index in [0.717, 1.165) is 18.3 Å². The molecule has 0 fully saturated rings. The van der Waals surface area contributed by atoms with Gasteiger partial charge in [0.1, 0.15) is 11.9 Å². The van der Waals surface area contributed by atoms with Crippen molar-refractivity contribution in [3.05, 3.63) is 45.8 Å². The Labute approximate surface area is 122 Å². The highest BCUT2D eigenvalue weighted by Gasteiger charge is 2.35. The molecule has 22 heavy (non-hydrogen) atoms. The Kier molecular flexibility index (Phi) is 3.86. The van der Waals surface area contributed by atoms with Gasteiger partial charge in [0.2, 0.25) is 0 Å². The highest BCUT2D eigenvalue weighted by atomic mass is 19.4. The van der Waals surface area contributed by atoms with Crippen LogP contribution in [0.3, 0.4) is 0 Å². The minimum Gasteiger partial charge on any atom is -0.331 e. The largest absolute Gasteiger partial charge is 0.434 e. The quantitative estimate of drug-likeness (QED) is 0.642. The maximum absolute atomic E-state index is 12.8. The first-order chi connectivity index (χ1) is 10.3. The number of hydrogen-bond acceptors (Lipinski definition) is 4. The van der Waals surface area contributed by atoms with Gasteiger partial charge in [0.15, 0.2) is 5.69 Å². The number of aryl methyl sites for hydroxylation is 1. The Hall–Kier alpha value is -2.89. The van der Waals surface area contributed by atoms with Gasteiger partial charge in [-0.05, 0) is 13.0 Å². The fraction of sp³-hybridized carbons (Fsp3) is 0.231. The van der Waals surface area contributed by atoms with Crippen molar-refractivity contribution in [1.29, 1.82) is 5.26 Å². The van der Waals surface area contributed by atoms with Crippen LogP contribution < -0.4 is 0 Å². The van der Waals surface area contributed by atoms with Crippen molar-refractivity contribution < 1.29 is 18.1 Å². The third kappa shape index (κ3) is 2.76. The van der Waals surface area contributed by atoms with Crippen LogP contribution >= 0.6 is 0 Å². The van der Waals surface area contributed by atoms with E-state index in [4.69, 9.17) is 5.26 Å². The fourth-order valence-electron chi connectivity index (χ4n) is 1.94. The van der Waals surface area contributed by atoms with E-state index >= 15 is 0 Å². The summed E-state index contributed by atoms with van der Waals surface area (Å²) in [6.45, 7) is 1.84. The van der Waals surface area contributed by atoms with Crippen molar-refractivity contribution in [2.75, 3.05) is 0 Å². The summed E-state index contributed by atoms with van der Waals surface area (Å²) in [5.74, 6) is -0.0544. The molecular formula is C13H9F3N4O2. The minimum atomic E-state index is -4.61. The summed E-state index contributed by atoms with van der Waals surface area (Å²) in [7, 11) is 0. The summed E-state index contributed by atoms with van der Waals surface area (Å²) < 4.78 is 39.5. The number of aromatic nitrogens is 2. The van der Waals surface area contributed by atoms with Crippen LogP contribution in [0.2, 0.25) is 0 Å². The van der Waals surface area contributed by atoms with Gasteiger partial charge in [-0.1, -0.05) is 0 Å². The van der Waals surface area contributed by atoms with E-state index in [1.54, 1.807) is 13.0 Å². The number of rotatable bonds is 3. The number of nitriles is 1. The van der Waals surface area contributed by atoms with Gasteiger partial charge >= 0.3 is 6.18 Å². The van der Waals surface area contributed by atoms with E-state index < -0.39 is 16.8 Å². The molecule has 0 saturated heterocycles. The number of non-ortho nitro benzene ring substituents is 1. The molecule has 0 saturated carbocycles. The normalized spacial score (nSPS) is 11.2. The third-order valence-corrected chi connectivity index (χ3v) is 2.98. The number of nitro groups is 1. The van der Waals surface area contributed by atoms with E-state index in [-0.39, 0.29) is 29.2 Å².